The van der Waals surface area contributed by atoms with E-state index in [-0.39, 0.29) is 12.1 Å². The number of carboxylic acid groups (broad SMARTS) is 1. The van der Waals surface area contributed by atoms with Crippen molar-refractivity contribution in [2.75, 3.05) is 0 Å². The zero-order valence-electron chi connectivity index (χ0n) is 12.0. The van der Waals surface area contributed by atoms with Gasteiger partial charge in [0.05, 0.1) is 16.9 Å². The summed E-state index contributed by atoms with van der Waals surface area (Å²) in [4.78, 5) is 25.2. The van der Waals surface area contributed by atoms with Crippen LogP contribution in [0, 0.1) is 17.0 Å². The van der Waals surface area contributed by atoms with Crippen LogP contribution in [0.4, 0.5) is 5.69 Å². The lowest BCUT2D eigenvalue weighted by molar-refractivity contribution is -0.385. The number of aryl methyl sites for hydroxylation is 1. The molecule has 2 aromatic rings. The lowest BCUT2D eigenvalue weighted by Crippen LogP contribution is -2.32. The number of hydrogen-bond acceptors (Lipinski definition) is 5. The third kappa shape index (κ3) is 3.67. The number of aromatic nitrogens is 2. The van der Waals surface area contributed by atoms with Crippen LogP contribution in [0.25, 0.3) is 0 Å². The van der Waals surface area contributed by atoms with Gasteiger partial charge in [0, 0.05) is 30.8 Å². The van der Waals surface area contributed by atoms with Crippen molar-refractivity contribution in [3.63, 3.8) is 0 Å². The molecule has 22 heavy (non-hydrogen) atoms. The molecular weight excluding hydrogens is 288 g/mol. The lowest BCUT2D eigenvalue weighted by Gasteiger charge is -2.05. The summed E-state index contributed by atoms with van der Waals surface area (Å²) < 4.78 is 1.78. The third-order valence-electron chi connectivity index (χ3n) is 3.26. The van der Waals surface area contributed by atoms with E-state index in [4.69, 9.17) is 10.8 Å². The number of nitro groups is 1. The SMILES string of the molecule is Cc1cc(Cn2cnc(CC(N)C(=O)O)c2)ccc1[N+](=O)[O-]. The molecule has 0 amide bonds. The van der Waals surface area contributed by atoms with Crippen LogP contribution in [0.3, 0.4) is 0 Å². The van der Waals surface area contributed by atoms with Crippen LogP contribution in [0.5, 0.6) is 0 Å². The molecule has 0 aliphatic heterocycles. The highest BCUT2D eigenvalue weighted by molar-refractivity contribution is 5.73. The number of imidazole rings is 1. The van der Waals surface area contributed by atoms with Gasteiger partial charge >= 0.3 is 5.97 Å². The monoisotopic (exact) mass is 304 g/mol. The van der Waals surface area contributed by atoms with E-state index < -0.39 is 16.9 Å². The van der Waals surface area contributed by atoms with Crippen molar-refractivity contribution in [1.29, 1.82) is 0 Å². The zero-order valence-corrected chi connectivity index (χ0v) is 12.0. The maximum absolute atomic E-state index is 10.8. The molecule has 0 fully saturated rings. The number of benzene rings is 1. The maximum atomic E-state index is 10.8. The number of hydrogen-bond donors (Lipinski definition) is 2. The molecule has 0 saturated carbocycles. The highest BCUT2D eigenvalue weighted by Gasteiger charge is 2.14. The molecule has 8 heteroatoms. The first-order valence-corrected chi connectivity index (χ1v) is 6.59. The molecule has 2 rings (SSSR count). The first-order chi connectivity index (χ1) is 10.4. The van der Waals surface area contributed by atoms with Crippen molar-refractivity contribution in [2.45, 2.75) is 25.9 Å². The number of nitrogens with zero attached hydrogens (tertiary/aromatic N) is 3. The highest BCUT2D eigenvalue weighted by Crippen LogP contribution is 2.19. The second kappa shape index (κ2) is 6.35. The van der Waals surface area contributed by atoms with Gasteiger partial charge in [-0.05, 0) is 18.6 Å². The molecule has 0 aliphatic carbocycles. The summed E-state index contributed by atoms with van der Waals surface area (Å²) in [6.07, 6.45) is 3.46. The Morgan fingerprint density at radius 3 is 2.86 bits per heavy atom. The Morgan fingerprint density at radius 2 is 2.27 bits per heavy atom. The van der Waals surface area contributed by atoms with Crippen LogP contribution >= 0.6 is 0 Å². The number of carboxylic acids is 1. The summed E-state index contributed by atoms with van der Waals surface area (Å²) in [5, 5.41) is 19.6. The number of carbonyl (C=O) groups is 1. The molecule has 1 heterocycles. The molecule has 0 saturated heterocycles. The molecule has 0 spiro atoms. The minimum atomic E-state index is -1.07. The van der Waals surface area contributed by atoms with Crippen LogP contribution in [0.15, 0.2) is 30.7 Å². The second-order valence-corrected chi connectivity index (χ2v) is 5.06. The fourth-order valence-electron chi connectivity index (χ4n) is 2.14. The molecule has 0 aliphatic rings. The summed E-state index contributed by atoms with van der Waals surface area (Å²) in [5.74, 6) is -1.07. The zero-order chi connectivity index (χ0) is 16.3. The average molecular weight is 304 g/mol. The standard InChI is InChI=1S/C14H16N4O4/c1-9-4-10(2-3-13(9)18(21)22)6-17-7-11(16-8-17)5-12(15)14(19)20/h2-4,7-8,12H,5-6,15H2,1H3,(H,19,20). The predicted octanol–water partition coefficient (Wildman–Crippen LogP) is 1.10. The Balaban J connectivity index is 2.08. The van der Waals surface area contributed by atoms with Crippen LogP contribution in [-0.4, -0.2) is 31.6 Å². The molecular formula is C14H16N4O4. The van der Waals surface area contributed by atoms with Crippen molar-refractivity contribution in [2.24, 2.45) is 5.73 Å². The largest absolute Gasteiger partial charge is 0.480 e. The Kier molecular flexibility index (Phi) is 4.52. The number of nitro benzene ring substituents is 1. The molecule has 1 aromatic carbocycles. The van der Waals surface area contributed by atoms with Gasteiger partial charge in [0.25, 0.3) is 5.69 Å². The summed E-state index contributed by atoms with van der Waals surface area (Å²) in [5.41, 5.74) is 7.63. The highest BCUT2D eigenvalue weighted by atomic mass is 16.6. The number of aliphatic carboxylic acids is 1. The van der Waals surface area contributed by atoms with Crippen LogP contribution < -0.4 is 5.73 Å². The maximum Gasteiger partial charge on any atom is 0.320 e. The summed E-state index contributed by atoms with van der Waals surface area (Å²) in [6.45, 7) is 2.18. The van der Waals surface area contributed by atoms with Crippen molar-refractivity contribution in [1.82, 2.24) is 9.55 Å². The molecule has 1 unspecified atom stereocenters. The normalized spacial score (nSPS) is 12.1. The van der Waals surface area contributed by atoms with Crippen LogP contribution in [-0.2, 0) is 17.8 Å². The van der Waals surface area contributed by atoms with E-state index in [2.05, 4.69) is 4.98 Å². The summed E-state index contributed by atoms with van der Waals surface area (Å²) in [6, 6.07) is 3.93. The van der Waals surface area contributed by atoms with E-state index in [0.29, 0.717) is 17.8 Å². The van der Waals surface area contributed by atoms with E-state index in [1.54, 1.807) is 36.1 Å². The third-order valence-corrected chi connectivity index (χ3v) is 3.26. The van der Waals surface area contributed by atoms with Gasteiger partial charge in [0.1, 0.15) is 6.04 Å². The first-order valence-electron chi connectivity index (χ1n) is 6.59. The minimum Gasteiger partial charge on any atom is -0.480 e. The van der Waals surface area contributed by atoms with Crippen molar-refractivity contribution in [3.05, 3.63) is 57.7 Å². The molecule has 1 atom stereocenters. The van der Waals surface area contributed by atoms with E-state index in [1.165, 1.54) is 6.07 Å². The van der Waals surface area contributed by atoms with Gasteiger partial charge in [-0.3, -0.25) is 14.9 Å². The van der Waals surface area contributed by atoms with Gasteiger partial charge in [-0.2, -0.15) is 0 Å². The van der Waals surface area contributed by atoms with Crippen molar-refractivity contribution >= 4 is 11.7 Å². The van der Waals surface area contributed by atoms with Gasteiger partial charge in [-0.15, -0.1) is 0 Å². The smallest absolute Gasteiger partial charge is 0.320 e. The average Bonchev–Trinajstić information content (AvgIpc) is 2.85. The molecule has 1 aromatic heterocycles. The van der Waals surface area contributed by atoms with Crippen molar-refractivity contribution in [3.8, 4) is 0 Å². The fourth-order valence-corrected chi connectivity index (χ4v) is 2.14. The molecule has 116 valence electrons. The molecule has 3 N–H and O–H groups in total. The van der Waals surface area contributed by atoms with Crippen LogP contribution in [0.1, 0.15) is 16.8 Å². The predicted molar refractivity (Wildman–Crippen MR) is 78.5 cm³/mol. The number of nitrogens with two attached hydrogens (primary N) is 1. The lowest BCUT2D eigenvalue weighted by atomic mass is 10.1. The summed E-state index contributed by atoms with van der Waals surface area (Å²) >= 11 is 0. The van der Waals surface area contributed by atoms with Gasteiger partial charge in [0.2, 0.25) is 0 Å². The minimum absolute atomic E-state index is 0.0856. The Labute approximate surface area is 126 Å². The number of rotatable bonds is 6. The Bertz CT molecular complexity index is 711. The first kappa shape index (κ1) is 15.6. The van der Waals surface area contributed by atoms with Crippen molar-refractivity contribution < 1.29 is 14.8 Å². The quantitative estimate of drug-likeness (QED) is 0.608. The molecule has 0 radical (unpaired) electrons. The molecule has 0 bridgehead atoms. The van der Waals surface area contributed by atoms with Gasteiger partial charge in [-0.1, -0.05) is 6.07 Å². The Hall–Kier alpha value is -2.74. The Morgan fingerprint density at radius 1 is 1.55 bits per heavy atom. The van der Waals surface area contributed by atoms with Gasteiger partial charge in [0.15, 0.2) is 0 Å². The van der Waals surface area contributed by atoms with Gasteiger partial charge < -0.3 is 15.4 Å². The fraction of sp³-hybridized carbons (Fsp3) is 0.286. The summed E-state index contributed by atoms with van der Waals surface area (Å²) in [7, 11) is 0. The van der Waals surface area contributed by atoms with E-state index in [1.807, 2.05) is 0 Å². The van der Waals surface area contributed by atoms with E-state index in [9.17, 15) is 14.9 Å². The topological polar surface area (TPSA) is 124 Å². The molecule has 8 nitrogen and oxygen atoms in total. The van der Waals surface area contributed by atoms with Crippen LogP contribution in [0.2, 0.25) is 0 Å². The van der Waals surface area contributed by atoms with E-state index >= 15 is 0 Å². The second-order valence-electron chi connectivity index (χ2n) is 5.06. The van der Waals surface area contributed by atoms with Gasteiger partial charge in [-0.25, -0.2) is 4.98 Å². The van der Waals surface area contributed by atoms with E-state index in [0.717, 1.165) is 5.56 Å².